The smallest absolute Gasteiger partial charge is 0.305 e. The fourth-order valence-corrected chi connectivity index (χ4v) is 2.32. The van der Waals surface area contributed by atoms with E-state index in [0.717, 1.165) is 11.3 Å². The van der Waals surface area contributed by atoms with Crippen molar-refractivity contribution in [2.24, 2.45) is 0 Å². The number of aryl methyl sites for hydroxylation is 1. The second-order valence-electron chi connectivity index (χ2n) is 5.89. The Bertz CT molecular complexity index is 934. The van der Waals surface area contributed by atoms with Gasteiger partial charge in [0.05, 0.1) is 6.54 Å². The fourth-order valence-electron chi connectivity index (χ4n) is 2.32. The van der Waals surface area contributed by atoms with E-state index in [1.165, 1.54) is 18.2 Å². The van der Waals surface area contributed by atoms with Crippen molar-refractivity contribution in [2.75, 3.05) is 11.9 Å². The molecule has 0 aliphatic heterocycles. The highest BCUT2D eigenvalue weighted by Gasteiger charge is 2.13. The SMILES string of the molecule is Cc1ccc(NCC(=O)NNC(=O)c2ccc(-c3ccc(F)cc3)o2)cc1. The van der Waals surface area contributed by atoms with Crippen LogP contribution < -0.4 is 16.2 Å². The average molecular weight is 367 g/mol. The summed E-state index contributed by atoms with van der Waals surface area (Å²) in [6, 6.07) is 16.4. The molecule has 3 rings (SSSR count). The van der Waals surface area contributed by atoms with E-state index in [-0.39, 0.29) is 18.1 Å². The summed E-state index contributed by atoms with van der Waals surface area (Å²) < 4.78 is 18.4. The molecule has 0 saturated heterocycles. The highest BCUT2D eigenvalue weighted by atomic mass is 19.1. The number of carbonyl (C=O) groups excluding carboxylic acids is 2. The molecule has 27 heavy (non-hydrogen) atoms. The summed E-state index contributed by atoms with van der Waals surface area (Å²) in [5.74, 6) is -0.903. The first-order valence-corrected chi connectivity index (χ1v) is 8.27. The van der Waals surface area contributed by atoms with Crippen molar-refractivity contribution in [1.29, 1.82) is 0 Å². The third-order valence-corrected chi connectivity index (χ3v) is 3.78. The molecule has 0 saturated carbocycles. The van der Waals surface area contributed by atoms with Gasteiger partial charge >= 0.3 is 5.91 Å². The molecule has 138 valence electrons. The number of furan rings is 1. The van der Waals surface area contributed by atoms with Crippen LogP contribution in [0, 0.1) is 12.7 Å². The normalized spacial score (nSPS) is 10.3. The lowest BCUT2D eigenvalue weighted by Gasteiger charge is -2.08. The van der Waals surface area contributed by atoms with Crippen molar-refractivity contribution in [3.63, 3.8) is 0 Å². The van der Waals surface area contributed by atoms with E-state index in [1.54, 1.807) is 18.2 Å². The van der Waals surface area contributed by atoms with Gasteiger partial charge in [-0.1, -0.05) is 17.7 Å². The zero-order valence-electron chi connectivity index (χ0n) is 14.6. The monoisotopic (exact) mass is 367 g/mol. The number of nitrogens with one attached hydrogen (secondary N) is 3. The molecule has 1 aromatic heterocycles. The largest absolute Gasteiger partial charge is 0.451 e. The molecule has 7 heteroatoms. The number of rotatable bonds is 5. The van der Waals surface area contributed by atoms with Crippen molar-refractivity contribution in [1.82, 2.24) is 10.9 Å². The van der Waals surface area contributed by atoms with Crippen molar-refractivity contribution >= 4 is 17.5 Å². The highest BCUT2D eigenvalue weighted by molar-refractivity contribution is 5.93. The van der Waals surface area contributed by atoms with E-state index in [2.05, 4.69) is 16.2 Å². The highest BCUT2D eigenvalue weighted by Crippen LogP contribution is 2.22. The fraction of sp³-hybridized carbons (Fsp3) is 0.100. The number of halogens is 1. The molecular weight excluding hydrogens is 349 g/mol. The predicted molar refractivity (Wildman–Crippen MR) is 99.4 cm³/mol. The molecule has 0 unspecified atom stereocenters. The summed E-state index contributed by atoms with van der Waals surface area (Å²) in [7, 11) is 0. The minimum Gasteiger partial charge on any atom is -0.451 e. The Hall–Kier alpha value is -3.61. The van der Waals surface area contributed by atoms with Gasteiger partial charge < -0.3 is 9.73 Å². The Kier molecular flexibility index (Phi) is 5.51. The number of hydrazine groups is 1. The molecule has 2 amide bonds. The van der Waals surface area contributed by atoms with Crippen LogP contribution in [0.15, 0.2) is 65.1 Å². The van der Waals surface area contributed by atoms with E-state index in [9.17, 15) is 14.0 Å². The van der Waals surface area contributed by atoms with Gasteiger partial charge in [-0.05, 0) is 55.5 Å². The van der Waals surface area contributed by atoms with Crippen molar-refractivity contribution in [3.05, 3.63) is 77.8 Å². The van der Waals surface area contributed by atoms with Gasteiger partial charge in [-0.15, -0.1) is 0 Å². The van der Waals surface area contributed by atoms with Crippen LogP contribution in [0.25, 0.3) is 11.3 Å². The lowest BCUT2D eigenvalue weighted by molar-refractivity contribution is -0.120. The molecule has 3 N–H and O–H groups in total. The maximum absolute atomic E-state index is 13.0. The zero-order chi connectivity index (χ0) is 19.2. The molecule has 0 fully saturated rings. The lowest BCUT2D eigenvalue weighted by Crippen LogP contribution is -2.44. The Morgan fingerprint density at radius 1 is 0.926 bits per heavy atom. The molecule has 3 aromatic rings. The number of anilines is 1. The Balaban J connectivity index is 1.49. The van der Waals surface area contributed by atoms with E-state index >= 15 is 0 Å². The van der Waals surface area contributed by atoms with Crippen LogP contribution in [0.4, 0.5) is 10.1 Å². The second-order valence-corrected chi connectivity index (χ2v) is 5.89. The second kappa shape index (κ2) is 8.18. The third-order valence-electron chi connectivity index (χ3n) is 3.78. The van der Waals surface area contributed by atoms with Crippen LogP contribution in [-0.4, -0.2) is 18.4 Å². The van der Waals surface area contributed by atoms with E-state index in [1.807, 2.05) is 31.2 Å². The van der Waals surface area contributed by atoms with Crippen LogP contribution in [-0.2, 0) is 4.79 Å². The molecule has 0 atom stereocenters. The van der Waals surface area contributed by atoms with Crippen LogP contribution in [0.2, 0.25) is 0 Å². The maximum Gasteiger partial charge on any atom is 0.305 e. The molecular formula is C20H18FN3O3. The zero-order valence-corrected chi connectivity index (χ0v) is 14.6. The summed E-state index contributed by atoms with van der Waals surface area (Å²) >= 11 is 0. The van der Waals surface area contributed by atoms with Crippen LogP contribution in [0.3, 0.4) is 0 Å². The van der Waals surface area contributed by atoms with E-state index in [0.29, 0.717) is 11.3 Å². The first-order chi connectivity index (χ1) is 13.0. The molecule has 0 bridgehead atoms. The number of benzene rings is 2. The van der Waals surface area contributed by atoms with E-state index in [4.69, 9.17) is 4.42 Å². The summed E-state index contributed by atoms with van der Waals surface area (Å²) in [5, 5.41) is 2.95. The average Bonchev–Trinajstić information content (AvgIpc) is 3.16. The van der Waals surface area contributed by atoms with Crippen molar-refractivity contribution in [3.8, 4) is 11.3 Å². The van der Waals surface area contributed by atoms with Gasteiger partial charge in [-0.25, -0.2) is 4.39 Å². The minimum atomic E-state index is -0.591. The topological polar surface area (TPSA) is 83.4 Å². The van der Waals surface area contributed by atoms with Gasteiger partial charge in [0.2, 0.25) is 0 Å². The van der Waals surface area contributed by atoms with Gasteiger partial charge in [0, 0.05) is 11.3 Å². The molecule has 1 heterocycles. The molecule has 0 radical (unpaired) electrons. The lowest BCUT2D eigenvalue weighted by atomic mass is 10.2. The number of hydrogen-bond acceptors (Lipinski definition) is 4. The van der Waals surface area contributed by atoms with Gasteiger partial charge in [-0.3, -0.25) is 20.4 Å². The van der Waals surface area contributed by atoms with Gasteiger partial charge in [0.25, 0.3) is 5.91 Å². The van der Waals surface area contributed by atoms with Gasteiger partial charge in [-0.2, -0.15) is 0 Å². The molecule has 2 aromatic carbocycles. The summed E-state index contributed by atoms with van der Waals surface area (Å²) in [6.07, 6.45) is 0. The minimum absolute atomic E-state index is 0.00231. The predicted octanol–water partition coefficient (Wildman–Crippen LogP) is 3.27. The van der Waals surface area contributed by atoms with Crippen LogP contribution in [0.5, 0.6) is 0 Å². The van der Waals surface area contributed by atoms with Crippen LogP contribution >= 0.6 is 0 Å². The Labute approximate surface area is 155 Å². The number of carbonyl (C=O) groups is 2. The molecule has 6 nitrogen and oxygen atoms in total. The van der Waals surface area contributed by atoms with Crippen LogP contribution in [0.1, 0.15) is 16.1 Å². The first-order valence-electron chi connectivity index (χ1n) is 8.27. The third kappa shape index (κ3) is 4.94. The summed E-state index contributed by atoms with van der Waals surface area (Å²) in [6.45, 7) is 1.98. The standard InChI is InChI=1S/C20H18FN3O3/c1-13-2-8-16(9-3-13)22-12-19(25)23-24-20(26)18-11-10-17(27-18)14-4-6-15(21)7-5-14/h2-11,22H,12H2,1H3,(H,23,25)(H,24,26). The molecule has 0 aliphatic rings. The van der Waals surface area contributed by atoms with Crippen molar-refractivity contribution < 1.29 is 18.4 Å². The number of amides is 2. The Morgan fingerprint density at radius 2 is 1.63 bits per heavy atom. The molecule has 0 aliphatic carbocycles. The van der Waals surface area contributed by atoms with Crippen molar-refractivity contribution in [2.45, 2.75) is 6.92 Å². The first kappa shape index (κ1) is 18.2. The molecule has 0 spiro atoms. The number of hydrogen-bond donors (Lipinski definition) is 3. The van der Waals surface area contributed by atoms with E-state index < -0.39 is 11.8 Å². The summed E-state index contributed by atoms with van der Waals surface area (Å²) in [4.78, 5) is 23.9. The Morgan fingerprint density at radius 3 is 2.33 bits per heavy atom. The quantitative estimate of drug-likeness (QED) is 0.605. The maximum atomic E-state index is 13.0. The van der Waals surface area contributed by atoms with Gasteiger partial charge in [0.15, 0.2) is 5.76 Å². The summed E-state index contributed by atoms with van der Waals surface area (Å²) in [5.41, 5.74) is 7.16. The van der Waals surface area contributed by atoms with Gasteiger partial charge in [0.1, 0.15) is 11.6 Å².